The number of nitrogens with zero attached hydrogens (tertiary/aromatic N) is 1. The predicted molar refractivity (Wildman–Crippen MR) is 88.0 cm³/mol. The molecule has 1 amide bonds. The lowest BCUT2D eigenvalue weighted by molar-refractivity contribution is -0.167. The third-order valence-electron chi connectivity index (χ3n) is 4.28. The fourth-order valence-electron chi connectivity index (χ4n) is 2.61. The fraction of sp³-hybridized carbons (Fsp3) is 0.500. The average molecular weight is 426 g/mol. The highest BCUT2D eigenvalue weighted by molar-refractivity contribution is 7.89. The minimum atomic E-state index is -4.64. The van der Waals surface area contributed by atoms with Crippen LogP contribution in [-0.2, 0) is 19.6 Å². The number of primary sulfonamides is 1. The summed E-state index contributed by atoms with van der Waals surface area (Å²) in [5, 5.41) is 4.89. The molecule has 0 spiro atoms. The first-order chi connectivity index (χ1) is 12.8. The Labute approximate surface area is 158 Å². The highest BCUT2D eigenvalue weighted by Gasteiger charge is 2.40. The van der Waals surface area contributed by atoms with Crippen molar-refractivity contribution in [2.75, 3.05) is 13.2 Å². The molecule has 2 N–H and O–H groups in total. The topological polar surface area (TPSA) is 107 Å². The Kier molecular flexibility index (Phi) is 6.34. The summed E-state index contributed by atoms with van der Waals surface area (Å²) in [6.45, 7) is -1.08. The van der Waals surface area contributed by atoms with Crippen molar-refractivity contribution in [3.05, 3.63) is 29.6 Å². The van der Waals surface area contributed by atoms with Gasteiger partial charge in [-0.2, -0.15) is 13.2 Å². The minimum absolute atomic E-state index is 0.0640. The van der Waals surface area contributed by atoms with Crippen molar-refractivity contribution in [2.24, 2.45) is 11.1 Å². The molecule has 1 saturated carbocycles. The van der Waals surface area contributed by atoms with Gasteiger partial charge in [-0.1, -0.05) is 0 Å². The third kappa shape index (κ3) is 5.89. The maximum Gasteiger partial charge on any atom is 0.406 e. The smallest absolute Gasteiger partial charge is 0.406 e. The molecular formula is C16H18F4N2O5S. The van der Waals surface area contributed by atoms with Crippen molar-refractivity contribution in [1.29, 1.82) is 0 Å². The molecule has 1 unspecified atom stereocenters. The van der Waals surface area contributed by atoms with Crippen molar-refractivity contribution in [1.82, 2.24) is 4.90 Å². The molecule has 1 atom stereocenters. The maximum absolute atomic E-state index is 13.8. The van der Waals surface area contributed by atoms with E-state index < -0.39 is 63.5 Å². The van der Waals surface area contributed by atoms with Gasteiger partial charge in [-0.3, -0.25) is 4.79 Å². The van der Waals surface area contributed by atoms with Gasteiger partial charge in [-0.05, 0) is 43.9 Å². The second-order valence-corrected chi connectivity index (χ2v) is 8.04. The first-order valence-electron chi connectivity index (χ1n) is 8.15. The van der Waals surface area contributed by atoms with E-state index in [1.54, 1.807) is 0 Å². The molecular weight excluding hydrogens is 408 g/mol. The summed E-state index contributed by atoms with van der Waals surface area (Å²) in [5.74, 6) is -3.69. The number of esters is 1. The molecule has 0 aliphatic heterocycles. The van der Waals surface area contributed by atoms with Crippen LogP contribution in [0.3, 0.4) is 0 Å². The number of nitrogens with two attached hydrogens (primary N) is 1. The number of carbonyl (C=O) groups excluding carboxylic acids is 2. The summed E-state index contributed by atoms with van der Waals surface area (Å²) < 4.78 is 79.3. The van der Waals surface area contributed by atoms with E-state index in [4.69, 9.17) is 5.14 Å². The van der Waals surface area contributed by atoms with Gasteiger partial charge < -0.3 is 9.64 Å². The Morgan fingerprint density at radius 1 is 1.32 bits per heavy atom. The monoisotopic (exact) mass is 426 g/mol. The molecule has 1 fully saturated rings. The number of ether oxygens (including phenoxy) is 1. The summed E-state index contributed by atoms with van der Waals surface area (Å²) in [7, 11) is -4.23. The molecule has 7 nitrogen and oxygen atoms in total. The maximum atomic E-state index is 13.8. The van der Waals surface area contributed by atoms with E-state index >= 15 is 0 Å². The normalized spacial score (nSPS) is 15.8. The van der Waals surface area contributed by atoms with Crippen LogP contribution < -0.4 is 5.14 Å². The van der Waals surface area contributed by atoms with Crippen LogP contribution in [-0.4, -0.2) is 50.6 Å². The molecule has 156 valence electrons. The lowest BCUT2D eigenvalue weighted by Crippen LogP contribution is -2.47. The SMILES string of the molecule is CC(C1CC1)N(CC(F)(F)F)C(=O)COC(=O)c1cc(S(N)(=O)=O)ccc1F. The number of sulfonamides is 1. The number of carbonyl (C=O) groups is 2. The molecule has 0 saturated heterocycles. The van der Waals surface area contributed by atoms with Crippen molar-refractivity contribution in [3.63, 3.8) is 0 Å². The molecule has 0 heterocycles. The molecule has 12 heteroatoms. The predicted octanol–water partition coefficient (Wildman–Crippen LogP) is 1.82. The number of halogens is 4. The van der Waals surface area contributed by atoms with E-state index in [1.807, 2.05) is 0 Å². The van der Waals surface area contributed by atoms with Crippen LogP contribution in [0.4, 0.5) is 17.6 Å². The highest BCUT2D eigenvalue weighted by Crippen LogP contribution is 2.36. The third-order valence-corrected chi connectivity index (χ3v) is 5.19. The van der Waals surface area contributed by atoms with E-state index in [0.717, 1.165) is 6.07 Å². The first kappa shape index (κ1) is 22.1. The summed E-state index contributed by atoms with van der Waals surface area (Å²) >= 11 is 0. The van der Waals surface area contributed by atoms with Crippen molar-refractivity contribution in [3.8, 4) is 0 Å². The zero-order chi connectivity index (χ0) is 21.3. The molecule has 1 aliphatic carbocycles. The standard InChI is InChI=1S/C16H18F4N2O5S/c1-9(10-2-3-10)22(8-16(18,19)20)14(23)7-27-15(24)12-6-11(28(21,25)26)4-5-13(12)17/h4-6,9-10H,2-3,7-8H2,1H3,(H2,21,25,26). The van der Waals surface area contributed by atoms with E-state index in [9.17, 15) is 35.6 Å². The average Bonchev–Trinajstić information content (AvgIpc) is 3.40. The molecule has 0 aromatic heterocycles. The van der Waals surface area contributed by atoms with Crippen molar-refractivity contribution < 1.29 is 40.3 Å². The summed E-state index contributed by atoms with van der Waals surface area (Å²) in [5.41, 5.74) is -0.808. The number of rotatable bonds is 7. The van der Waals surface area contributed by atoms with Gasteiger partial charge in [0.15, 0.2) is 6.61 Å². The number of benzene rings is 1. The lowest BCUT2D eigenvalue weighted by Gasteiger charge is -2.30. The fourth-order valence-corrected chi connectivity index (χ4v) is 3.15. The van der Waals surface area contributed by atoms with Gasteiger partial charge >= 0.3 is 12.1 Å². The summed E-state index contributed by atoms with van der Waals surface area (Å²) in [6.07, 6.45) is -3.26. The summed E-state index contributed by atoms with van der Waals surface area (Å²) in [4.78, 5) is 24.2. The Bertz CT molecular complexity index is 868. The Morgan fingerprint density at radius 3 is 2.43 bits per heavy atom. The second-order valence-electron chi connectivity index (χ2n) is 6.48. The van der Waals surface area contributed by atoms with Crippen LogP contribution in [0.2, 0.25) is 0 Å². The van der Waals surface area contributed by atoms with E-state index in [-0.39, 0.29) is 5.92 Å². The number of amides is 1. The number of alkyl halides is 3. The van der Waals surface area contributed by atoms with Gasteiger partial charge in [-0.15, -0.1) is 0 Å². The van der Waals surface area contributed by atoms with Gasteiger partial charge in [0, 0.05) is 6.04 Å². The molecule has 0 bridgehead atoms. The van der Waals surface area contributed by atoms with Crippen LogP contribution in [0, 0.1) is 11.7 Å². The zero-order valence-electron chi connectivity index (χ0n) is 14.7. The Morgan fingerprint density at radius 2 is 1.93 bits per heavy atom. The van der Waals surface area contributed by atoms with Crippen LogP contribution >= 0.6 is 0 Å². The van der Waals surface area contributed by atoms with Crippen molar-refractivity contribution in [2.45, 2.75) is 36.9 Å². The highest BCUT2D eigenvalue weighted by atomic mass is 32.2. The molecule has 28 heavy (non-hydrogen) atoms. The quantitative estimate of drug-likeness (QED) is 0.529. The molecule has 1 aromatic rings. The minimum Gasteiger partial charge on any atom is -0.452 e. The Balaban J connectivity index is 2.10. The first-order valence-corrected chi connectivity index (χ1v) is 9.70. The van der Waals surface area contributed by atoms with E-state index in [1.165, 1.54) is 6.92 Å². The molecule has 0 radical (unpaired) electrons. The van der Waals surface area contributed by atoms with Gasteiger partial charge in [0.05, 0.1) is 10.5 Å². The van der Waals surface area contributed by atoms with Crippen molar-refractivity contribution >= 4 is 21.9 Å². The van der Waals surface area contributed by atoms with E-state index in [2.05, 4.69) is 4.74 Å². The second kappa shape index (κ2) is 8.03. The van der Waals surface area contributed by atoms with Crippen LogP contribution in [0.5, 0.6) is 0 Å². The van der Waals surface area contributed by atoms with Crippen LogP contribution in [0.1, 0.15) is 30.1 Å². The van der Waals surface area contributed by atoms with Crippen LogP contribution in [0.25, 0.3) is 0 Å². The summed E-state index contributed by atoms with van der Waals surface area (Å²) in [6, 6.07) is 1.42. The number of hydrogen-bond donors (Lipinski definition) is 1. The van der Waals surface area contributed by atoms with Crippen LogP contribution in [0.15, 0.2) is 23.1 Å². The van der Waals surface area contributed by atoms with Gasteiger partial charge in [0.25, 0.3) is 5.91 Å². The zero-order valence-corrected chi connectivity index (χ0v) is 15.5. The molecule has 1 aliphatic rings. The molecule has 2 rings (SSSR count). The largest absolute Gasteiger partial charge is 0.452 e. The van der Waals surface area contributed by atoms with Gasteiger partial charge in [0.2, 0.25) is 10.0 Å². The van der Waals surface area contributed by atoms with Gasteiger partial charge in [-0.25, -0.2) is 22.7 Å². The molecule has 1 aromatic carbocycles. The number of hydrogen-bond acceptors (Lipinski definition) is 5. The van der Waals surface area contributed by atoms with E-state index in [0.29, 0.717) is 29.9 Å². The van der Waals surface area contributed by atoms with Gasteiger partial charge in [0.1, 0.15) is 12.4 Å². The Hall–Kier alpha value is -2.21. The lowest BCUT2D eigenvalue weighted by atomic mass is 10.2.